The lowest BCUT2D eigenvalue weighted by Crippen LogP contribution is -2.60. The summed E-state index contributed by atoms with van der Waals surface area (Å²) in [6.45, 7) is 4.88. The molecule has 1 aliphatic heterocycles. The number of hydrogen-bond acceptors (Lipinski definition) is 13. The molecule has 0 aromatic carbocycles. The van der Waals surface area contributed by atoms with Crippen LogP contribution in [0.25, 0.3) is 0 Å². The molecule has 0 aromatic rings. The molecule has 1 rings (SSSR count). The molecule has 1 aliphatic rings. The van der Waals surface area contributed by atoms with Gasteiger partial charge in [0.05, 0.1) is 13.5 Å². The van der Waals surface area contributed by atoms with Crippen LogP contribution in [0.15, 0.2) is 0 Å². The standard InChI is InChI=1S/C20H28O13/c1-10(21)28-9-17(30-12(3)23)18(31-13(4)24)16-7-15(29-11(2)22)8-20(33-16,19(26)27-6)32-14(5)25/h15-18H,7-9H2,1-6H3/t15-,16-,17-,18+,20+/m1/s1. The third kappa shape index (κ3) is 8.67. The molecule has 1 fully saturated rings. The first kappa shape index (κ1) is 27.8. The molecule has 0 amide bonds. The zero-order chi connectivity index (χ0) is 25.3. The molecule has 5 atom stereocenters. The normalized spacial score (nSPS) is 23.8. The van der Waals surface area contributed by atoms with E-state index < -0.39 is 79.0 Å². The number of carbonyl (C=O) groups is 6. The Morgan fingerprint density at radius 3 is 1.94 bits per heavy atom. The van der Waals surface area contributed by atoms with Crippen LogP contribution in [0, 0.1) is 0 Å². The lowest BCUT2D eigenvalue weighted by molar-refractivity contribution is -0.298. The monoisotopic (exact) mass is 476 g/mol. The van der Waals surface area contributed by atoms with E-state index >= 15 is 0 Å². The fourth-order valence-electron chi connectivity index (χ4n) is 3.33. The molecule has 13 heteroatoms. The molecule has 0 radical (unpaired) electrons. The molecule has 1 heterocycles. The zero-order valence-electron chi connectivity index (χ0n) is 19.2. The first-order valence-corrected chi connectivity index (χ1v) is 9.90. The minimum absolute atomic E-state index is 0.157. The summed E-state index contributed by atoms with van der Waals surface area (Å²) >= 11 is 0. The van der Waals surface area contributed by atoms with Gasteiger partial charge in [-0.1, -0.05) is 0 Å². The zero-order valence-corrected chi connectivity index (χ0v) is 19.2. The molecular formula is C20H28O13. The molecule has 0 aromatic heterocycles. The fourth-order valence-corrected chi connectivity index (χ4v) is 3.33. The Morgan fingerprint density at radius 1 is 0.879 bits per heavy atom. The van der Waals surface area contributed by atoms with E-state index in [1.807, 2.05) is 0 Å². The lowest BCUT2D eigenvalue weighted by Gasteiger charge is -2.43. The van der Waals surface area contributed by atoms with Crippen LogP contribution < -0.4 is 0 Å². The number of methoxy groups -OCH3 is 1. The Bertz CT molecular complexity index is 776. The Hall–Kier alpha value is -3.22. The van der Waals surface area contributed by atoms with E-state index in [9.17, 15) is 28.8 Å². The van der Waals surface area contributed by atoms with Crippen molar-refractivity contribution < 1.29 is 61.9 Å². The summed E-state index contributed by atoms with van der Waals surface area (Å²) in [5, 5.41) is 0. The average Bonchev–Trinajstić information content (AvgIpc) is 2.66. The van der Waals surface area contributed by atoms with Crippen LogP contribution in [0.1, 0.15) is 47.5 Å². The van der Waals surface area contributed by atoms with E-state index in [1.54, 1.807) is 0 Å². The summed E-state index contributed by atoms with van der Waals surface area (Å²) in [4.78, 5) is 70.7. The maximum absolute atomic E-state index is 12.6. The van der Waals surface area contributed by atoms with E-state index in [1.165, 1.54) is 0 Å². The second kappa shape index (κ2) is 12.1. The van der Waals surface area contributed by atoms with Gasteiger partial charge in [0.1, 0.15) is 18.8 Å². The SMILES string of the molecule is COC(=O)[C@]1(OC(C)=O)C[C@H](OC(C)=O)C[C@H]([C@H](OC(C)=O)[C@@H](COC(C)=O)OC(C)=O)O1. The van der Waals surface area contributed by atoms with E-state index in [0.29, 0.717) is 0 Å². The van der Waals surface area contributed by atoms with Gasteiger partial charge >= 0.3 is 41.6 Å². The van der Waals surface area contributed by atoms with Gasteiger partial charge in [0, 0.05) is 41.0 Å². The van der Waals surface area contributed by atoms with Crippen molar-refractivity contribution in [2.75, 3.05) is 13.7 Å². The molecule has 1 saturated heterocycles. The number of rotatable bonds is 9. The van der Waals surface area contributed by atoms with Crippen molar-refractivity contribution in [2.45, 2.75) is 77.7 Å². The summed E-state index contributed by atoms with van der Waals surface area (Å²) < 4.78 is 36.2. The Morgan fingerprint density at radius 2 is 1.48 bits per heavy atom. The molecule has 0 bridgehead atoms. The Kier molecular flexibility index (Phi) is 10.2. The molecule has 0 N–H and O–H groups in total. The highest BCUT2D eigenvalue weighted by Gasteiger charge is 2.56. The molecule has 33 heavy (non-hydrogen) atoms. The number of hydrogen-bond donors (Lipinski definition) is 0. The Labute approximate surface area is 189 Å². The molecular weight excluding hydrogens is 448 g/mol. The lowest BCUT2D eigenvalue weighted by atomic mass is 9.92. The summed E-state index contributed by atoms with van der Waals surface area (Å²) in [5.74, 6) is -7.43. The average molecular weight is 476 g/mol. The summed E-state index contributed by atoms with van der Waals surface area (Å²) in [6.07, 6.45) is -5.78. The van der Waals surface area contributed by atoms with Crippen molar-refractivity contribution in [3.63, 3.8) is 0 Å². The molecule has 0 unspecified atom stereocenters. The maximum atomic E-state index is 12.6. The highest BCUT2D eigenvalue weighted by molar-refractivity contribution is 5.81. The van der Waals surface area contributed by atoms with Gasteiger partial charge in [-0.05, 0) is 0 Å². The number of ether oxygens (including phenoxy) is 7. The van der Waals surface area contributed by atoms with Crippen molar-refractivity contribution in [3.05, 3.63) is 0 Å². The van der Waals surface area contributed by atoms with E-state index in [-0.39, 0.29) is 6.42 Å². The highest BCUT2D eigenvalue weighted by Crippen LogP contribution is 2.36. The second-order valence-corrected chi connectivity index (χ2v) is 7.19. The van der Waals surface area contributed by atoms with Crippen molar-refractivity contribution in [2.24, 2.45) is 0 Å². The van der Waals surface area contributed by atoms with Crippen LogP contribution in [0.4, 0.5) is 0 Å². The second-order valence-electron chi connectivity index (χ2n) is 7.19. The van der Waals surface area contributed by atoms with Crippen molar-refractivity contribution in [3.8, 4) is 0 Å². The van der Waals surface area contributed by atoms with Crippen LogP contribution in [0.2, 0.25) is 0 Å². The van der Waals surface area contributed by atoms with Gasteiger partial charge in [-0.3, -0.25) is 24.0 Å². The molecule has 0 saturated carbocycles. The van der Waals surface area contributed by atoms with Crippen molar-refractivity contribution >= 4 is 35.8 Å². The van der Waals surface area contributed by atoms with Gasteiger partial charge in [0.25, 0.3) is 0 Å². The van der Waals surface area contributed by atoms with E-state index in [0.717, 1.165) is 41.7 Å². The third-order valence-electron chi connectivity index (χ3n) is 4.27. The molecule has 13 nitrogen and oxygen atoms in total. The summed E-state index contributed by atoms with van der Waals surface area (Å²) in [6, 6.07) is 0. The minimum Gasteiger partial charge on any atom is -0.464 e. The smallest absolute Gasteiger partial charge is 0.379 e. The topological polar surface area (TPSA) is 167 Å². The van der Waals surface area contributed by atoms with Crippen LogP contribution >= 0.6 is 0 Å². The van der Waals surface area contributed by atoms with Gasteiger partial charge in [-0.15, -0.1) is 0 Å². The van der Waals surface area contributed by atoms with Crippen molar-refractivity contribution in [1.29, 1.82) is 0 Å². The van der Waals surface area contributed by atoms with Gasteiger partial charge in [0.15, 0.2) is 12.2 Å². The van der Waals surface area contributed by atoms with Gasteiger partial charge < -0.3 is 33.2 Å². The van der Waals surface area contributed by atoms with Crippen LogP contribution in [-0.2, 0) is 61.9 Å². The van der Waals surface area contributed by atoms with Crippen molar-refractivity contribution in [1.82, 2.24) is 0 Å². The number of carbonyl (C=O) groups excluding carboxylic acids is 6. The predicted molar refractivity (Wildman–Crippen MR) is 104 cm³/mol. The van der Waals surface area contributed by atoms with Gasteiger partial charge in [0.2, 0.25) is 0 Å². The van der Waals surface area contributed by atoms with Gasteiger partial charge in [-0.2, -0.15) is 0 Å². The Balaban J connectivity index is 3.49. The van der Waals surface area contributed by atoms with Crippen LogP contribution in [0.5, 0.6) is 0 Å². The highest BCUT2D eigenvalue weighted by atomic mass is 16.8. The minimum atomic E-state index is -2.36. The van der Waals surface area contributed by atoms with Crippen LogP contribution in [0.3, 0.4) is 0 Å². The first-order valence-electron chi connectivity index (χ1n) is 9.90. The molecule has 0 aliphatic carbocycles. The summed E-state index contributed by atoms with van der Waals surface area (Å²) in [5.41, 5.74) is 0. The van der Waals surface area contributed by atoms with Crippen LogP contribution in [-0.4, -0.2) is 79.7 Å². The third-order valence-corrected chi connectivity index (χ3v) is 4.27. The maximum Gasteiger partial charge on any atom is 0.379 e. The predicted octanol–water partition coefficient (Wildman–Crippen LogP) is -0.0440. The quantitative estimate of drug-likeness (QED) is 0.321. The molecule has 0 spiro atoms. The largest absolute Gasteiger partial charge is 0.464 e. The fraction of sp³-hybridized carbons (Fsp3) is 0.700. The number of esters is 6. The van der Waals surface area contributed by atoms with E-state index in [2.05, 4.69) is 0 Å². The summed E-state index contributed by atoms with van der Waals surface area (Å²) in [7, 11) is 1.02. The van der Waals surface area contributed by atoms with Gasteiger partial charge in [-0.25, -0.2) is 4.79 Å². The molecule has 186 valence electrons. The van der Waals surface area contributed by atoms with E-state index in [4.69, 9.17) is 33.2 Å². The first-order chi connectivity index (χ1) is 15.3.